The Morgan fingerprint density at radius 1 is 1.57 bits per heavy atom. The van der Waals surface area contributed by atoms with E-state index in [9.17, 15) is 9.90 Å². The van der Waals surface area contributed by atoms with Crippen molar-refractivity contribution in [2.45, 2.75) is 26.0 Å². The van der Waals surface area contributed by atoms with Gasteiger partial charge in [0.2, 0.25) is 0 Å². The van der Waals surface area contributed by atoms with Crippen molar-refractivity contribution in [3.63, 3.8) is 0 Å². The lowest BCUT2D eigenvalue weighted by Gasteiger charge is -2.35. The molecule has 5 nitrogen and oxygen atoms in total. The average molecular weight is 314 g/mol. The van der Waals surface area contributed by atoms with Crippen LogP contribution in [0.1, 0.15) is 24.2 Å². The monoisotopic (exact) mass is 313 g/mol. The van der Waals surface area contributed by atoms with Gasteiger partial charge in [0, 0.05) is 19.1 Å². The maximum absolute atomic E-state index is 11.2. The Bertz CT molecular complexity index is 506. The number of morpholine rings is 1. The van der Waals surface area contributed by atoms with Gasteiger partial charge >= 0.3 is 5.97 Å². The van der Waals surface area contributed by atoms with E-state index in [0.717, 1.165) is 13.1 Å². The third kappa shape index (κ3) is 4.09. The molecule has 6 heteroatoms. The molecule has 1 aliphatic rings. The van der Waals surface area contributed by atoms with Crippen molar-refractivity contribution >= 4 is 17.6 Å². The van der Waals surface area contributed by atoms with Crippen LogP contribution in [0.4, 0.5) is 0 Å². The molecule has 1 aromatic rings. The Morgan fingerprint density at radius 3 is 3.00 bits per heavy atom. The molecule has 116 valence electrons. The van der Waals surface area contributed by atoms with Crippen molar-refractivity contribution in [3.05, 3.63) is 28.8 Å². The average Bonchev–Trinajstić information content (AvgIpc) is 2.45. The van der Waals surface area contributed by atoms with Gasteiger partial charge in [-0.1, -0.05) is 17.7 Å². The summed E-state index contributed by atoms with van der Waals surface area (Å²) >= 11 is 5.91. The minimum absolute atomic E-state index is 0.00399. The molecule has 1 atom stereocenters. The van der Waals surface area contributed by atoms with Crippen molar-refractivity contribution < 1.29 is 19.4 Å². The zero-order valence-electron chi connectivity index (χ0n) is 12.2. The maximum atomic E-state index is 11.2. The van der Waals surface area contributed by atoms with E-state index in [1.165, 1.54) is 6.07 Å². The first-order valence-electron chi connectivity index (χ1n) is 6.99. The van der Waals surface area contributed by atoms with Crippen molar-refractivity contribution in [1.29, 1.82) is 0 Å². The summed E-state index contributed by atoms with van der Waals surface area (Å²) in [5, 5.41) is 9.37. The van der Waals surface area contributed by atoms with Crippen molar-refractivity contribution in [2.75, 3.05) is 26.3 Å². The number of halogens is 1. The molecule has 21 heavy (non-hydrogen) atoms. The second kappa shape index (κ2) is 7.11. The molecule has 1 unspecified atom stereocenters. The molecule has 0 saturated carbocycles. The fourth-order valence-corrected chi connectivity index (χ4v) is 2.57. The number of ether oxygens (including phenoxy) is 2. The molecule has 1 N–H and O–H groups in total. The number of aromatic carboxylic acids is 1. The lowest BCUT2D eigenvalue weighted by Crippen LogP contribution is -2.47. The highest BCUT2D eigenvalue weighted by atomic mass is 35.5. The highest BCUT2D eigenvalue weighted by Crippen LogP contribution is 2.26. The quantitative estimate of drug-likeness (QED) is 0.905. The van der Waals surface area contributed by atoms with Gasteiger partial charge in [0.1, 0.15) is 24.0 Å². The van der Waals surface area contributed by atoms with Gasteiger partial charge in [-0.3, -0.25) is 4.90 Å². The molecular weight excluding hydrogens is 294 g/mol. The van der Waals surface area contributed by atoms with Gasteiger partial charge in [0.05, 0.1) is 11.6 Å². The van der Waals surface area contributed by atoms with Gasteiger partial charge < -0.3 is 14.6 Å². The third-order valence-electron chi connectivity index (χ3n) is 3.51. The molecule has 1 heterocycles. The second-order valence-corrected chi connectivity index (χ2v) is 5.72. The topological polar surface area (TPSA) is 59.0 Å². The molecule has 0 aromatic heterocycles. The van der Waals surface area contributed by atoms with E-state index in [2.05, 4.69) is 18.7 Å². The summed E-state index contributed by atoms with van der Waals surface area (Å²) in [6.07, 6.45) is -0.0678. The fourth-order valence-electron chi connectivity index (χ4n) is 2.33. The first-order valence-corrected chi connectivity index (χ1v) is 7.37. The minimum atomic E-state index is -1.09. The van der Waals surface area contributed by atoms with Crippen LogP contribution in [0.3, 0.4) is 0 Å². The van der Waals surface area contributed by atoms with E-state index in [4.69, 9.17) is 21.1 Å². The molecule has 0 spiro atoms. The molecule has 1 aliphatic heterocycles. The van der Waals surface area contributed by atoms with Crippen LogP contribution in [0.5, 0.6) is 5.75 Å². The number of carboxylic acids is 1. The smallest absolute Gasteiger partial charge is 0.341 e. The van der Waals surface area contributed by atoms with E-state index in [1.807, 2.05) is 0 Å². The standard InChI is InChI=1S/C15H20ClNO4/c1-10(2)17-6-7-20-11(8-17)9-21-13-5-3-4-12(16)14(13)15(18)19/h3-5,10-11H,6-9H2,1-2H3,(H,18,19). The largest absolute Gasteiger partial charge is 0.490 e. The Labute approximate surface area is 129 Å². The van der Waals surface area contributed by atoms with Crippen molar-refractivity contribution in [1.82, 2.24) is 4.90 Å². The van der Waals surface area contributed by atoms with E-state index in [0.29, 0.717) is 19.3 Å². The first-order chi connectivity index (χ1) is 9.99. The van der Waals surface area contributed by atoms with Gasteiger partial charge in [-0.2, -0.15) is 0 Å². The van der Waals surface area contributed by atoms with Crippen LogP contribution in [-0.4, -0.2) is 54.4 Å². The molecule has 1 saturated heterocycles. The number of hydrogen-bond donors (Lipinski definition) is 1. The third-order valence-corrected chi connectivity index (χ3v) is 3.83. The normalized spacial score (nSPS) is 19.7. The van der Waals surface area contributed by atoms with Crippen LogP contribution in [0.15, 0.2) is 18.2 Å². The van der Waals surface area contributed by atoms with Gasteiger partial charge in [-0.15, -0.1) is 0 Å². The predicted molar refractivity (Wildman–Crippen MR) is 80.4 cm³/mol. The number of nitrogens with zero attached hydrogens (tertiary/aromatic N) is 1. The van der Waals surface area contributed by atoms with Crippen LogP contribution in [0.25, 0.3) is 0 Å². The van der Waals surface area contributed by atoms with E-state index in [-0.39, 0.29) is 22.4 Å². The van der Waals surface area contributed by atoms with E-state index < -0.39 is 5.97 Å². The van der Waals surface area contributed by atoms with Gasteiger partial charge in [-0.25, -0.2) is 4.79 Å². The molecule has 1 aromatic carbocycles. The SMILES string of the molecule is CC(C)N1CCOC(COc2cccc(Cl)c2C(=O)O)C1. The molecular formula is C15H20ClNO4. The molecule has 0 aliphatic carbocycles. The lowest BCUT2D eigenvalue weighted by molar-refractivity contribution is -0.0565. The summed E-state index contributed by atoms with van der Waals surface area (Å²) < 4.78 is 11.3. The number of carbonyl (C=O) groups is 1. The molecule has 0 radical (unpaired) electrons. The fraction of sp³-hybridized carbons (Fsp3) is 0.533. The van der Waals surface area contributed by atoms with Crippen molar-refractivity contribution in [3.8, 4) is 5.75 Å². The van der Waals surface area contributed by atoms with Gasteiger partial charge in [0.25, 0.3) is 0 Å². The van der Waals surface area contributed by atoms with E-state index in [1.54, 1.807) is 12.1 Å². The summed E-state index contributed by atoms with van der Waals surface area (Å²) in [5.41, 5.74) is -0.00399. The highest BCUT2D eigenvalue weighted by Gasteiger charge is 2.24. The summed E-state index contributed by atoms with van der Waals surface area (Å²) in [6.45, 7) is 6.94. The van der Waals surface area contributed by atoms with Crippen LogP contribution in [-0.2, 0) is 4.74 Å². The number of carboxylic acid groups (broad SMARTS) is 1. The first kappa shape index (κ1) is 16.1. The number of rotatable bonds is 5. The highest BCUT2D eigenvalue weighted by molar-refractivity contribution is 6.33. The van der Waals surface area contributed by atoms with Crippen LogP contribution in [0, 0.1) is 0 Å². The van der Waals surface area contributed by atoms with Gasteiger partial charge in [-0.05, 0) is 26.0 Å². The predicted octanol–water partition coefficient (Wildman–Crippen LogP) is 2.53. The lowest BCUT2D eigenvalue weighted by atomic mass is 10.2. The zero-order valence-corrected chi connectivity index (χ0v) is 13.0. The molecule has 1 fully saturated rings. The van der Waals surface area contributed by atoms with Crippen molar-refractivity contribution in [2.24, 2.45) is 0 Å². The van der Waals surface area contributed by atoms with Crippen LogP contribution >= 0.6 is 11.6 Å². The Hall–Kier alpha value is -1.30. The molecule has 0 bridgehead atoms. The number of hydrogen-bond acceptors (Lipinski definition) is 4. The minimum Gasteiger partial charge on any atom is -0.490 e. The van der Waals surface area contributed by atoms with E-state index >= 15 is 0 Å². The van der Waals surface area contributed by atoms with Gasteiger partial charge in [0.15, 0.2) is 0 Å². The Kier molecular flexibility index (Phi) is 5.45. The number of benzene rings is 1. The summed E-state index contributed by atoms with van der Waals surface area (Å²) in [7, 11) is 0. The van der Waals surface area contributed by atoms with Crippen LogP contribution in [0.2, 0.25) is 5.02 Å². The Balaban J connectivity index is 2.00. The molecule has 0 amide bonds. The Morgan fingerprint density at radius 2 is 2.33 bits per heavy atom. The maximum Gasteiger partial charge on any atom is 0.341 e. The van der Waals surface area contributed by atoms with Crippen LogP contribution < -0.4 is 4.74 Å². The summed E-state index contributed by atoms with van der Waals surface area (Å²) in [6, 6.07) is 5.28. The summed E-state index contributed by atoms with van der Waals surface area (Å²) in [4.78, 5) is 13.5. The zero-order chi connectivity index (χ0) is 15.4. The second-order valence-electron chi connectivity index (χ2n) is 5.31. The molecule has 2 rings (SSSR count). The summed E-state index contributed by atoms with van der Waals surface area (Å²) in [5.74, 6) is -0.816.